The lowest BCUT2D eigenvalue weighted by Crippen LogP contribution is -2.10. The Kier molecular flexibility index (Phi) is 7.69. The van der Waals surface area contributed by atoms with E-state index in [1.54, 1.807) is 6.92 Å². The molecule has 2 atom stereocenters. The van der Waals surface area contributed by atoms with Crippen molar-refractivity contribution in [1.82, 2.24) is 0 Å². The number of aliphatic hydroxyl groups is 1. The number of aliphatic hydroxyl groups excluding tert-OH is 1. The van der Waals surface area contributed by atoms with Gasteiger partial charge in [-0.25, -0.2) is 0 Å². The van der Waals surface area contributed by atoms with Gasteiger partial charge in [0.25, 0.3) is 6.47 Å². The van der Waals surface area contributed by atoms with E-state index >= 15 is 0 Å². The average Bonchev–Trinajstić information content (AvgIpc) is 2.53. The van der Waals surface area contributed by atoms with E-state index in [4.69, 9.17) is 0 Å². The van der Waals surface area contributed by atoms with E-state index in [1.807, 2.05) is 0 Å². The Morgan fingerprint density at radius 1 is 1.46 bits per heavy atom. The minimum atomic E-state index is 0.0278. The second-order valence-electron chi connectivity index (χ2n) is 3.22. The minimum absolute atomic E-state index is 0.0278. The fraction of sp³-hybridized carbons (Fsp3) is 0.900. The van der Waals surface area contributed by atoms with Crippen LogP contribution in [0.3, 0.4) is 0 Å². The third-order valence-corrected chi connectivity index (χ3v) is 2.38. The zero-order chi connectivity index (χ0) is 10.1. The van der Waals surface area contributed by atoms with Crippen molar-refractivity contribution in [3.05, 3.63) is 0 Å². The number of hydrogen-bond acceptors (Lipinski definition) is 3. The SMILES string of the molecule is CCC1CCCC1O.CCOC=O. The molecule has 3 heteroatoms. The molecule has 2 unspecified atom stereocenters. The molecule has 1 aliphatic rings. The summed E-state index contributed by atoms with van der Waals surface area (Å²) in [7, 11) is 0. The second kappa shape index (κ2) is 8.05. The highest BCUT2D eigenvalue weighted by atomic mass is 16.5. The molecule has 3 nitrogen and oxygen atoms in total. The normalized spacial score (nSPS) is 26.1. The van der Waals surface area contributed by atoms with Crippen molar-refractivity contribution in [1.29, 1.82) is 0 Å². The van der Waals surface area contributed by atoms with Gasteiger partial charge in [0.15, 0.2) is 0 Å². The monoisotopic (exact) mass is 188 g/mol. The van der Waals surface area contributed by atoms with E-state index in [0.717, 1.165) is 12.8 Å². The number of ether oxygens (including phenoxy) is 1. The van der Waals surface area contributed by atoms with Crippen molar-refractivity contribution >= 4 is 6.47 Å². The molecule has 0 aromatic heterocycles. The van der Waals surface area contributed by atoms with Gasteiger partial charge in [0.05, 0.1) is 12.7 Å². The van der Waals surface area contributed by atoms with E-state index in [1.165, 1.54) is 12.8 Å². The lowest BCUT2D eigenvalue weighted by Gasteiger charge is -2.09. The van der Waals surface area contributed by atoms with Crippen LogP contribution < -0.4 is 0 Å². The van der Waals surface area contributed by atoms with Crippen LogP contribution in [0.4, 0.5) is 0 Å². The van der Waals surface area contributed by atoms with Crippen LogP contribution in [-0.2, 0) is 9.53 Å². The molecule has 1 fully saturated rings. The summed E-state index contributed by atoms with van der Waals surface area (Å²) in [6, 6.07) is 0. The Bertz CT molecular complexity index is 125. The number of carbonyl (C=O) groups excluding carboxylic acids is 1. The number of rotatable bonds is 3. The Labute approximate surface area is 80.1 Å². The molecule has 1 aliphatic carbocycles. The Balaban J connectivity index is 0.000000252. The van der Waals surface area contributed by atoms with Crippen molar-refractivity contribution < 1.29 is 14.6 Å². The van der Waals surface area contributed by atoms with Gasteiger partial charge in [-0.3, -0.25) is 4.79 Å². The molecular formula is C10H20O3. The third kappa shape index (κ3) is 5.64. The summed E-state index contributed by atoms with van der Waals surface area (Å²) < 4.78 is 4.15. The van der Waals surface area contributed by atoms with Crippen molar-refractivity contribution in [2.75, 3.05) is 6.61 Å². The molecule has 0 aromatic rings. The molecule has 0 aromatic carbocycles. The molecule has 0 heterocycles. The average molecular weight is 188 g/mol. The first-order chi connectivity index (χ1) is 6.26. The lowest BCUT2D eigenvalue weighted by atomic mass is 10.0. The van der Waals surface area contributed by atoms with Crippen LogP contribution in [-0.4, -0.2) is 24.3 Å². The van der Waals surface area contributed by atoms with E-state index in [9.17, 15) is 9.90 Å². The lowest BCUT2D eigenvalue weighted by molar-refractivity contribution is -0.128. The summed E-state index contributed by atoms with van der Waals surface area (Å²) >= 11 is 0. The maximum atomic E-state index is 9.19. The van der Waals surface area contributed by atoms with Crippen LogP contribution in [0, 0.1) is 5.92 Å². The van der Waals surface area contributed by atoms with Crippen LogP contribution in [0.1, 0.15) is 39.5 Å². The van der Waals surface area contributed by atoms with E-state index in [0.29, 0.717) is 19.0 Å². The zero-order valence-electron chi connectivity index (χ0n) is 8.53. The summed E-state index contributed by atoms with van der Waals surface area (Å²) in [5.74, 6) is 0.620. The molecule has 0 bridgehead atoms. The standard InChI is InChI=1S/C7H14O.C3H6O2/c1-2-6-4-3-5-7(6)8;1-2-5-3-4/h6-8H,2-5H2,1H3;3H,2H2,1H3. The highest BCUT2D eigenvalue weighted by Crippen LogP contribution is 2.27. The highest BCUT2D eigenvalue weighted by molar-refractivity contribution is 5.36. The first-order valence-corrected chi connectivity index (χ1v) is 4.99. The topological polar surface area (TPSA) is 46.5 Å². The number of carbonyl (C=O) groups is 1. The molecule has 1 rings (SSSR count). The van der Waals surface area contributed by atoms with Gasteiger partial charge in [0.1, 0.15) is 0 Å². The van der Waals surface area contributed by atoms with Crippen LogP contribution in [0.15, 0.2) is 0 Å². The van der Waals surface area contributed by atoms with Crippen molar-refractivity contribution in [2.24, 2.45) is 5.92 Å². The predicted octanol–water partition coefficient (Wildman–Crippen LogP) is 1.74. The predicted molar refractivity (Wildman–Crippen MR) is 51.3 cm³/mol. The number of hydrogen-bond donors (Lipinski definition) is 1. The van der Waals surface area contributed by atoms with Gasteiger partial charge in [-0.1, -0.05) is 19.8 Å². The molecule has 0 spiro atoms. The molecule has 0 amide bonds. The zero-order valence-corrected chi connectivity index (χ0v) is 8.53. The van der Waals surface area contributed by atoms with Gasteiger partial charge in [-0.05, 0) is 25.7 Å². The molecular weight excluding hydrogens is 168 g/mol. The Morgan fingerprint density at radius 3 is 2.31 bits per heavy atom. The first-order valence-electron chi connectivity index (χ1n) is 4.99. The van der Waals surface area contributed by atoms with Gasteiger partial charge >= 0.3 is 0 Å². The largest absolute Gasteiger partial charge is 0.468 e. The molecule has 0 radical (unpaired) electrons. The van der Waals surface area contributed by atoms with Gasteiger partial charge in [0.2, 0.25) is 0 Å². The Hall–Kier alpha value is -0.570. The summed E-state index contributed by atoms with van der Waals surface area (Å²) in [6.07, 6.45) is 4.71. The summed E-state index contributed by atoms with van der Waals surface area (Å²) in [4.78, 5) is 9.18. The third-order valence-electron chi connectivity index (χ3n) is 2.38. The fourth-order valence-electron chi connectivity index (χ4n) is 1.56. The second-order valence-corrected chi connectivity index (χ2v) is 3.22. The van der Waals surface area contributed by atoms with Gasteiger partial charge < -0.3 is 9.84 Å². The molecule has 0 saturated heterocycles. The van der Waals surface area contributed by atoms with Gasteiger partial charge in [0, 0.05) is 0 Å². The van der Waals surface area contributed by atoms with Crippen molar-refractivity contribution in [3.63, 3.8) is 0 Å². The van der Waals surface area contributed by atoms with Gasteiger partial charge in [-0.15, -0.1) is 0 Å². The molecule has 1 N–H and O–H groups in total. The van der Waals surface area contributed by atoms with Crippen LogP contribution in [0.25, 0.3) is 0 Å². The Morgan fingerprint density at radius 2 is 2.15 bits per heavy atom. The van der Waals surface area contributed by atoms with E-state index in [2.05, 4.69) is 11.7 Å². The quantitative estimate of drug-likeness (QED) is 0.686. The first kappa shape index (κ1) is 12.4. The van der Waals surface area contributed by atoms with E-state index in [-0.39, 0.29) is 6.10 Å². The van der Waals surface area contributed by atoms with Crippen LogP contribution >= 0.6 is 0 Å². The smallest absolute Gasteiger partial charge is 0.293 e. The van der Waals surface area contributed by atoms with Crippen molar-refractivity contribution in [3.8, 4) is 0 Å². The molecule has 0 aliphatic heterocycles. The summed E-state index contributed by atoms with van der Waals surface area (Å²) in [6.45, 7) is 4.82. The van der Waals surface area contributed by atoms with Crippen molar-refractivity contribution in [2.45, 2.75) is 45.6 Å². The van der Waals surface area contributed by atoms with Gasteiger partial charge in [-0.2, -0.15) is 0 Å². The highest BCUT2D eigenvalue weighted by Gasteiger charge is 2.22. The minimum Gasteiger partial charge on any atom is -0.468 e. The van der Waals surface area contributed by atoms with Crippen LogP contribution in [0.5, 0.6) is 0 Å². The van der Waals surface area contributed by atoms with Crippen LogP contribution in [0.2, 0.25) is 0 Å². The summed E-state index contributed by atoms with van der Waals surface area (Å²) in [5.41, 5.74) is 0. The molecule has 1 saturated carbocycles. The molecule has 78 valence electrons. The maximum Gasteiger partial charge on any atom is 0.293 e. The molecule has 13 heavy (non-hydrogen) atoms. The maximum absolute atomic E-state index is 9.19. The summed E-state index contributed by atoms with van der Waals surface area (Å²) in [5, 5.41) is 9.19. The van der Waals surface area contributed by atoms with E-state index < -0.39 is 0 Å². The fourth-order valence-corrected chi connectivity index (χ4v) is 1.56.